The largest absolute Gasteiger partial charge is 0.387 e. The van der Waals surface area contributed by atoms with Gasteiger partial charge in [0.05, 0.1) is 6.61 Å². The highest BCUT2D eigenvalue weighted by molar-refractivity contribution is 7.67. The Morgan fingerprint density at radius 1 is 1.22 bits per heavy atom. The van der Waals surface area contributed by atoms with Gasteiger partial charge in [0, 0.05) is 18.7 Å². The first-order valence-electron chi connectivity index (χ1n) is 10.3. The molecule has 0 radical (unpaired) electrons. The summed E-state index contributed by atoms with van der Waals surface area (Å²) in [5.74, 6) is -0.354. The van der Waals surface area contributed by atoms with Gasteiger partial charge in [-0.05, 0) is 23.2 Å². The molecule has 3 aromatic rings. The van der Waals surface area contributed by atoms with Crippen LogP contribution in [0.1, 0.15) is 11.8 Å². The molecule has 1 aromatic carbocycles. The minimum absolute atomic E-state index is 0.121. The van der Waals surface area contributed by atoms with E-state index >= 15 is 0 Å². The normalized spacial score (nSPS) is 23.3. The molecule has 1 fully saturated rings. The van der Waals surface area contributed by atoms with Crippen LogP contribution >= 0.6 is 39.2 Å². The first kappa shape index (κ1) is 27.5. The van der Waals surface area contributed by atoms with Crippen molar-refractivity contribution in [2.75, 3.05) is 24.9 Å². The standard InChI is InChI=1S/C18H22Cl2N6O8P2/c1-32-35(8-36(29,30)31)33-7-11-13(27)14(28)17(34-11)26-16-12(24-25-26)15(22-18(20)23-16)21-6-9-4-2-3-5-10(9)19/h2-5,11,13-14,17,27-28H,6-8H2,1H3,(H,21,22,23)(H2,29,30,31)/t11-,13-,14-,17-,35-/m1/s1. The number of aliphatic hydroxyl groups is 2. The molecular weight excluding hydrogens is 561 g/mol. The lowest BCUT2D eigenvalue weighted by Crippen LogP contribution is -2.33. The van der Waals surface area contributed by atoms with Crippen LogP contribution in [0.15, 0.2) is 24.3 Å². The maximum absolute atomic E-state index is 11.2. The number of aliphatic hydroxyl groups excluding tert-OH is 2. The molecule has 4 rings (SSSR count). The molecule has 14 nitrogen and oxygen atoms in total. The summed E-state index contributed by atoms with van der Waals surface area (Å²) in [4.78, 5) is 26.6. The number of rotatable bonds is 10. The van der Waals surface area contributed by atoms with Gasteiger partial charge in [-0.25, -0.2) is 0 Å². The molecule has 196 valence electrons. The predicted molar refractivity (Wildman–Crippen MR) is 130 cm³/mol. The highest BCUT2D eigenvalue weighted by atomic mass is 35.5. The molecule has 36 heavy (non-hydrogen) atoms. The van der Waals surface area contributed by atoms with Crippen LogP contribution in [0.4, 0.5) is 5.82 Å². The number of benzene rings is 1. The number of fused-ring (bicyclic) bond motifs is 1. The Kier molecular flexibility index (Phi) is 8.75. The van der Waals surface area contributed by atoms with Crippen molar-refractivity contribution in [3.63, 3.8) is 0 Å². The summed E-state index contributed by atoms with van der Waals surface area (Å²) in [6, 6.07) is 7.25. The highest BCUT2D eigenvalue weighted by Gasteiger charge is 2.45. The van der Waals surface area contributed by atoms with E-state index in [1.54, 1.807) is 6.07 Å². The third-order valence-corrected chi connectivity index (χ3v) is 8.94. The number of hydrogen-bond acceptors (Lipinski definition) is 11. The lowest BCUT2D eigenvalue weighted by Gasteiger charge is -2.19. The average molecular weight is 583 g/mol. The van der Waals surface area contributed by atoms with Crippen LogP contribution in [-0.2, 0) is 24.9 Å². The Morgan fingerprint density at radius 3 is 2.67 bits per heavy atom. The zero-order valence-electron chi connectivity index (χ0n) is 18.5. The molecule has 0 amide bonds. The van der Waals surface area contributed by atoms with Crippen molar-refractivity contribution < 1.29 is 38.3 Å². The fraction of sp³-hybridized carbons (Fsp3) is 0.444. The molecule has 0 unspecified atom stereocenters. The first-order chi connectivity index (χ1) is 17.1. The van der Waals surface area contributed by atoms with E-state index in [4.69, 9.17) is 46.8 Å². The van der Waals surface area contributed by atoms with Crippen molar-refractivity contribution >= 4 is 56.2 Å². The van der Waals surface area contributed by atoms with E-state index in [0.717, 1.165) is 10.2 Å². The van der Waals surface area contributed by atoms with E-state index in [0.29, 0.717) is 11.6 Å². The predicted octanol–water partition coefficient (Wildman–Crippen LogP) is 1.87. The van der Waals surface area contributed by atoms with E-state index in [2.05, 4.69) is 25.6 Å². The van der Waals surface area contributed by atoms with Crippen molar-refractivity contribution in [1.29, 1.82) is 0 Å². The van der Waals surface area contributed by atoms with E-state index in [1.807, 2.05) is 18.2 Å². The number of ether oxygens (including phenoxy) is 1. The second-order valence-electron chi connectivity index (χ2n) is 7.66. The third-order valence-electron chi connectivity index (χ3n) is 5.16. The van der Waals surface area contributed by atoms with Crippen LogP contribution in [0, 0.1) is 0 Å². The molecule has 0 aliphatic carbocycles. The molecule has 0 spiro atoms. The van der Waals surface area contributed by atoms with Crippen LogP contribution in [0.2, 0.25) is 10.3 Å². The van der Waals surface area contributed by atoms with Crippen molar-refractivity contribution in [3.05, 3.63) is 40.1 Å². The molecule has 0 bridgehead atoms. The summed E-state index contributed by atoms with van der Waals surface area (Å²) in [7, 11) is -5.08. The van der Waals surface area contributed by atoms with Crippen LogP contribution in [0.5, 0.6) is 0 Å². The van der Waals surface area contributed by atoms with Gasteiger partial charge in [-0.2, -0.15) is 14.6 Å². The lowest BCUT2D eigenvalue weighted by atomic mass is 10.1. The molecular formula is C18H22Cl2N6O8P2. The van der Waals surface area contributed by atoms with E-state index in [-0.39, 0.29) is 28.9 Å². The van der Waals surface area contributed by atoms with Gasteiger partial charge >= 0.3 is 7.60 Å². The Morgan fingerprint density at radius 2 is 1.97 bits per heavy atom. The number of anilines is 1. The molecule has 5 N–H and O–H groups in total. The number of nitrogens with zero attached hydrogens (tertiary/aromatic N) is 5. The van der Waals surface area contributed by atoms with Crippen LogP contribution in [-0.4, -0.2) is 82.9 Å². The minimum Gasteiger partial charge on any atom is -0.387 e. The maximum atomic E-state index is 11.2. The molecule has 18 heteroatoms. The zero-order valence-corrected chi connectivity index (χ0v) is 21.8. The molecule has 3 heterocycles. The van der Waals surface area contributed by atoms with Crippen LogP contribution in [0.25, 0.3) is 11.2 Å². The SMILES string of the molecule is CO[P@@](CP(=O)(O)O)OC[C@H]1O[C@@H](n2nnc3c(NCc4ccccc4Cl)nc(Cl)nc32)[C@H](O)[C@@H]1O. The Hall–Kier alpha value is -1.54. The van der Waals surface area contributed by atoms with Gasteiger partial charge in [0.25, 0.3) is 0 Å². The molecule has 0 saturated carbocycles. The summed E-state index contributed by atoms with van der Waals surface area (Å²) in [6.07, 6.45) is -5.13. The molecule has 1 saturated heterocycles. The fourth-order valence-electron chi connectivity index (χ4n) is 3.45. The summed E-state index contributed by atoms with van der Waals surface area (Å²) in [5.41, 5.74) is 1.18. The van der Waals surface area contributed by atoms with Crippen molar-refractivity contribution in [3.8, 4) is 0 Å². The Labute approximate surface area is 215 Å². The number of nitrogens with one attached hydrogen (secondary N) is 1. The van der Waals surface area contributed by atoms with Gasteiger partial charge in [0.1, 0.15) is 24.2 Å². The minimum atomic E-state index is -4.38. The highest BCUT2D eigenvalue weighted by Crippen LogP contribution is 2.52. The summed E-state index contributed by atoms with van der Waals surface area (Å²) < 4.78 is 28.5. The third kappa shape index (κ3) is 6.29. The van der Waals surface area contributed by atoms with Gasteiger partial charge in [-0.1, -0.05) is 35.0 Å². The smallest absolute Gasteiger partial charge is 0.334 e. The second kappa shape index (κ2) is 11.5. The quantitative estimate of drug-likeness (QED) is 0.172. The van der Waals surface area contributed by atoms with E-state index in [9.17, 15) is 14.8 Å². The number of hydrogen-bond donors (Lipinski definition) is 5. The summed E-state index contributed by atoms with van der Waals surface area (Å²) in [6.45, 7) is 0.00797. The maximum Gasteiger partial charge on any atom is 0.334 e. The average Bonchev–Trinajstić information content (AvgIpc) is 3.36. The second-order valence-corrected chi connectivity index (χ2v) is 12.2. The van der Waals surface area contributed by atoms with E-state index in [1.165, 1.54) is 7.11 Å². The fourth-order valence-corrected chi connectivity index (χ4v) is 6.22. The molecule has 1 aliphatic heterocycles. The van der Waals surface area contributed by atoms with Gasteiger partial charge in [0.15, 0.2) is 31.6 Å². The Balaban J connectivity index is 1.51. The van der Waals surface area contributed by atoms with Gasteiger partial charge in [-0.3, -0.25) is 4.57 Å². The number of halogens is 2. The monoisotopic (exact) mass is 582 g/mol. The van der Waals surface area contributed by atoms with Crippen LogP contribution < -0.4 is 5.32 Å². The molecule has 5 atom stereocenters. The summed E-state index contributed by atoms with van der Waals surface area (Å²) in [5, 5.41) is 32.7. The van der Waals surface area contributed by atoms with Crippen LogP contribution in [0.3, 0.4) is 0 Å². The van der Waals surface area contributed by atoms with Crippen molar-refractivity contribution in [2.45, 2.75) is 31.1 Å². The van der Waals surface area contributed by atoms with Gasteiger partial charge in [0.2, 0.25) is 5.28 Å². The van der Waals surface area contributed by atoms with Crippen molar-refractivity contribution in [1.82, 2.24) is 25.0 Å². The van der Waals surface area contributed by atoms with Crippen molar-refractivity contribution in [2.24, 2.45) is 0 Å². The molecule has 1 aliphatic rings. The summed E-state index contributed by atoms with van der Waals surface area (Å²) >= 11 is 12.3. The number of aromatic nitrogens is 5. The lowest BCUT2D eigenvalue weighted by molar-refractivity contribution is -0.0541. The van der Waals surface area contributed by atoms with Gasteiger partial charge < -0.3 is 39.1 Å². The topological polar surface area (TPSA) is 194 Å². The first-order valence-corrected chi connectivity index (χ1v) is 14.3. The van der Waals surface area contributed by atoms with Gasteiger partial charge in [-0.15, -0.1) is 5.10 Å². The molecule has 2 aromatic heterocycles. The zero-order chi connectivity index (χ0) is 26.0. The Bertz CT molecular complexity index is 1270. The van der Waals surface area contributed by atoms with E-state index < -0.39 is 46.4 Å².